The molecule has 0 atom stereocenters. The number of ether oxygens (including phenoxy) is 1. The van der Waals surface area contributed by atoms with Gasteiger partial charge in [0.1, 0.15) is 11.5 Å². The molecule has 0 aliphatic rings. The van der Waals surface area contributed by atoms with E-state index in [-0.39, 0.29) is 0 Å². The van der Waals surface area contributed by atoms with E-state index in [0.29, 0.717) is 11.8 Å². The van der Waals surface area contributed by atoms with Gasteiger partial charge in [-0.2, -0.15) is 5.10 Å². The molecule has 7 heteroatoms. The van der Waals surface area contributed by atoms with Crippen molar-refractivity contribution in [1.82, 2.24) is 14.9 Å². The summed E-state index contributed by atoms with van der Waals surface area (Å²) in [5, 5.41) is 11.8. The summed E-state index contributed by atoms with van der Waals surface area (Å²) in [6.07, 6.45) is 1.65. The summed E-state index contributed by atoms with van der Waals surface area (Å²) in [5.74, 6) is 8.21. The van der Waals surface area contributed by atoms with E-state index in [2.05, 4.69) is 20.7 Å². The SMILES string of the molecule is Cc1nnc(NN=Cc2cccc(Oc3ccccc3)c2)n1N. The Morgan fingerprint density at radius 1 is 1.09 bits per heavy atom. The topological polar surface area (TPSA) is 90.4 Å². The summed E-state index contributed by atoms with van der Waals surface area (Å²) in [5.41, 5.74) is 3.62. The molecule has 0 saturated carbocycles. The maximum absolute atomic E-state index is 5.78. The van der Waals surface area contributed by atoms with Crippen LogP contribution in [0.1, 0.15) is 11.4 Å². The van der Waals surface area contributed by atoms with E-state index in [0.717, 1.165) is 17.1 Å². The number of rotatable bonds is 5. The zero-order valence-corrected chi connectivity index (χ0v) is 12.5. The molecule has 116 valence electrons. The lowest BCUT2D eigenvalue weighted by atomic mass is 10.2. The maximum atomic E-state index is 5.78. The van der Waals surface area contributed by atoms with Crippen molar-refractivity contribution >= 4 is 12.2 Å². The van der Waals surface area contributed by atoms with Gasteiger partial charge in [0.05, 0.1) is 6.21 Å². The fourth-order valence-electron chi connectivity index (χ4n) is 1.89. The van der Waals surface area contributed by atoms with Gasteiger partial charge in [0.2, 0.25) is 0 Å². The molecule has 0 amide bonds. The van der Waals surface area contributed by atoms with Crippen molar-refractivity contribution in [1.29, 1.82) is 0 Å². The number of aromatic nitrogens is 3. The van der Waals surface area contributed by atoms with Crippen molar-refractivity contribution in [3.05, 3.63) is 66.0 Å². The van der Waals surface area contributed by atoms with E-state index < -0.39 is 0 Å². The molecule has 7 nitrogen and oxygen atoms in total. The quantitative estimate of drug-likeness (QED) is 0.429. The Kier molecular flexibility index (Phi) is 4.19. The van der Waals surface area contributed by atoms with Crippen LogP contribution in [0, 0.1) is 6.92 Å². The summed E-state index contributed by atoms with van der Waals surface area (Å²) in [6, 6.07) is 17.2. The minimum Gasteiger partial charge on any atom is -0.457 e. The van der Waals surface area contributed by atoms with Gasteiger partial charge in [-0.3, -0.25) is 0 Å². The average Bonchev–Trinajstić information content (AvgIpc) is 2.88. The Bertz CT molecular complexity index is 812. The molecule has 0 radical (unpaired) electrons. The van der Waals surface area contributed by atoms with Gasteiger partial charge in [0.25, 0.3) is 5.95 Å². The second-order valence-electron chi connectivity index (χ2n) is 4.80. The van der Waals surface area contributed by atoms with E-state index in [1.807, 2.05) is 54.6 Å². The maximum Gasteiger partial charge on any atom is 0.263 e. The van der Waals surface area contributed by atoms with Crippen LogP contribution >= 0.6 is 0 Å². The summed E-state index contributed by atoms with van der Waals surface area (Å²) in [7, 11) is 0. The molecule has 0 unspecified atom stereocenters. The van der Waals surface area contributed by atoms with Crippen molar-refractivity contribution in [2.24, 2.45) is 5.10 Å². The molecule has 0 saturated heterocycles. The van der Waals surface area contributed by atoms with Gasteiger partial charge in [-0.1, -0.05) is 30.3 Å². The van der Waals surface area contributed by atoms with E-state index in [1.54, 1.807) is 13.1 Å². The van der Waals surface area contributed by atoms with Crippen LogP contribution < -0.4 is 16.0 Å². The number of nitrogens with two attached hydrogens (primary N) is 1. The Morgan fingerprint density at radius 2 is 1.87 bits per heavy atom. The molecule has 1 aromatic heterocycles. The number of hydrogen-bond donors (Lipinski definition) is 2. The highest BCUT2D eigenvalue weighted by Gasteiger charge is 2.03. The number of anilines is 1. The Labute approximate surface area is 133 Å². The van der Waals surface area contributed by atoms with Gasteiger partial charge in [0, 0.05) is 0 Å². The van der Waals surface area contributed by atoms with Crippen LogP contribution in [0.25, 0.3) is 0 Å². The van der Waals surface area contributed by atoms with Crippen LogP contribution in [0.15, 0.2) is 59.7 Å². The number of nitrogens with one attached hydrogen (secondary N) is 1. The van der Waals surface area contributed by atoms with Crippen LogP contribution in [0.5, 0.6) is 11.5 Å². The normalized spacial score (nSPS) is 10.8. The first-order chi connectivity index (χ1) is 11.2. The molecule has 2 aromatic carbocycles. The average molecular weight is 308 g/mol. The van der Waals surface area contributed by atoms with Crippen LogP contribution in [0.2, 0.25) is 0 Å². The third-order valence-electron chi connectivity index (χ3n) is 3.08. The van der Waals surface area contributed by atoms with Crippen molar-refractivity contribution in [3.8, 4) is 11.5 Å². The lowest BCUT2D eigenvalue weighted by molar-refractivity contribution is 0.482. The molecule has 23 heavy (non-hydrogen) atoms. The second-order valence-corrected chi connectivity index (χ2v) is 4.80. The van der Waals surface area contributed by atoms with E-state index in [1.165, 1.54) is 4.68 Å². The van der Waals surface area contributed by atoms with Gasteiger partial charge in [-0.15, -0.1) is 10.2 Å². The number of para-hydroxylation sites is 1. The van der Waals surface area contributed by atoms with Gasteiger partial charge in [0.15, 0.2) is 5.82 Å². The summed E-state index contributed by atoms with van der Waals surface area (Å²) >= 11 is 0. The molecule has 1 heterocycles. The fourth-order valence-corrected chi connectivity index (χ4v) is 1.89. The first kappa shape index (κ1) is 14.6. The highest BCUT2D eigenvalue weighted by molar-refractivity contribution is 5.80. The third-order valence-corrected chi connectivity index (χ3v) is 3.08. The van der Waals surface area contributed by atoms with Crippen molar-refractivity contribution < 1.29 is 4.74 Å². The summed E-state index contributed by atoms with van der Waals surface area (Å²) in [4.78, 5) is 0. The zero-order chi connectivity index (χ0) is 16.1. The van der Waals surface area contributed by atoms with Gasteiger partial charge in [-0.05, 0) is 36.8 Å². The Balaban J connectivity index is 1.67. The van der Waals surface area contributed by atoms with E-state index in [9.17, 15) is 0 Å². The molecule has 3 aromatic rings. The molecule has 0 aliphatic heterocycles. The largest absolute Gasteiger partial charge is 0.457 e. The van der Waals surface area contributed by atoms with E-state index in [4.69, 9.17) is 10.6 Å². The molecule has 3 rings (SSSR count). The minimum atomic E-state index is 0.371. The standard InChI is InChI=1S/C16H16N6O/c1-12-19-21-16(22(12)17)20-18-11-13-6-5-9-15(10-13)23-14-7-3-2-4-8-14/h2-11H,17H2,1H3,(H,20,21). The van der Waals surface area contributed by atoms with Crippen molar-refractivity contribution in [3.63, 3.8) is 0 Å². The Hall–Kier alpha value is -3.35. The van der Waals surface area contributed by atoms with Crippen molar-refractivity contribution in [2.75, 3.05) is 11.3 Å². The minimum absolute atomic E-state index is 0.371. The van der Waals surface area contributed by atoms with Gasteiger partial charge in [-0.25, -0.2) is 10.1 Å². The van der Waals surface area contributed by atoms with Crippen LogP contribution in [0.3, 0.4) is 0 Å². The number of hydrogen-bond acceptors (Lipinski definition) is 6. The lowest BCUT2D eigenvalue weighted by Crippen LogP contribution is -2.13. The van der Waals surface area contributed by atoms with Crippen LogP contribution in [-0.2, 0) is 0 Å². The molecule has 0 bridgehead atoms. The molecule has 0 fully saturated rings. The predicted octanol–water partition coefficient (Wildman–Crippen LogP) is 2.54. The van der Waals surface area contributed by atoms with E-state index >= 15 is 0 Å². The summed E-state index contributed by atoms with van der Waals surface area (Å²) in [6.45, 7) is 1.76. The van der Waals surface area contributed by atoms with Crippen molar-refractivity contribution in [2.45, 2.75) is 6.92 Å². The van der Waals surface area contributed by atoms with Gasteiger partial charge >= 0.3 is 0 Å². The number of nitrogen functional groups attached to an aromatic ring is 1. The molecular formula is C16H16N6O. The smallest absolute Gasteiger partial charge is 0.263 e. The second kappa shape index (κ2) is 6.61. The molecule has 0 aliphatic carbocycles. The fraction of sp³-hybridized carbons (Fsp3) is 0.0625. The third kappa shape index (κ3) is 3.65. The number of nitrogens with zero attached hydrogens (tertiary/aromatic N) is 4. The van der Waals surface area contributed by atoms with Gasteiger partial charge < -0.3 is 10.6 Å². The summed E-state index contributed by atoms with van der Waals surface area (Å²) < 4.78 is 7.10. The predicted molar refractivity (Wildman–Crippen MR) is 89.1 cm³/mol. The number of aryl methyl sites for hydroxylation is 1. The monoisotopic (exact) mass is 308 g/mol. The number of benzene rings is 2. The molecule has 3 N–H and O–H groups in total. The highest BCUT2D eigenvalue weighted by atomic mass is 16.5. The van der Waals surface area contributed by atoms with Crippen LogP contribution in [0.4, 0.5) is 5.95 Å². The Morgan fingerprint density at radius 3 is 2.61 bits per heavy atom. The lowest BCUT2D eigenvalue weighted by Gasteiger charge is -2.05. The van der Waals surface area contributed by atoms with Crippen LogP contribution in [-0.4, -0.2) is 21.1 Å². The molecular weight excluding hydrogens is 292 g/mol. The highest BCUT2D eigenvalue weighted by Crippen LogP contribution is 2.21. The first-order valence-corrected chi connectivity index (χ1v) is 7.01. The first-order valence-electron chi connectivity index (χ1n) is 7.01. The molecule has 0 spiro atoms. The number of hydrazone groups is 1. The zero-order valence-electron chi connectivity index (χ0n) is 12.5.